The van der Waals surface area contributed by atoms with Gasteiger partial charge in [-0.2, -0.15) is 0 Å². The zero-order chi connectivity index (χ0) is 20.7. The predicted octanol–water partition coefficient (Wildman–Crippen LogP) is 3.67. The van der Waals surface area contributed by atoms with E-state index in [1.807, 2.05) is 13.0 Å². The van der Waals surface area contributed by atoms with Crippen LogP contribution in [0, 0.1) is 29.6 Å². The molecule has 0 radical (unpaired) electrons. The van der Waals surface area contributed by atoms with Crippen molar-refractivity contribution >= 4 is 11.8 Å². The zero-order valence-electron chi connectivity index (χ0n) is 17.7. The van der Waals surface area contributed by atoms with Crippen molar-refractivity contribution in [1.82, 2.24) is 0 Å². The number of ether oxygens (including phenoxy) is 1. The van der Waals surface area contributed by atoms with E-state index in [4.69, 9.17) is 4.74 Å². The van der Waals surface area contributed by atoms with E-state index < -0.39 is 5.60 Å². The van der Waals surface area contributed by atoms with Gasteiger partial charge in [0.1, 0.15) is 5.78 Å². The van der Waals surface area contributed by atoms with Gasteiger partial charge in [-0.3, -0.25) is 9.59 Å². The Morgan fingerprint density at radius 1 is 1.39 bits per heavy atom. The van der Waals surface area contributed by atoms with Crippen molar-refractivity contribution in [3.63, 3.8) is 0 Å². The topological polar surface area (TPSA) is 83.8 Å². The monoisotopic (exact) mass is 394 g/mol. The van der Waals surface area contributed by atoms with Crippen LogP contribution in [-0.2, 0) is 14.3 Å². The highest BCUT2D eigenvalue weighted by Crippen LogP contribution is 2.52. The summed E-state index contributed by atoms with van der Waals surface area (Å²) in [5.41, 5.74) is -0.678. The lowest BCUT2D eigenvalue weighted by atomic mass is 9.85. The van der Waals surface area contributed by atoms with E-state index in [-0.39, 0.29) is 36.1 Å². The van der Waals surface area contributed by atoms with Crippen LogP contribution in [0.3, 0.4) is 0 Å². The number of carbonyl (C=O) groups is 2. The Morgan fingerprint density at radius 2 is 2.14 bits per heavy atom. The average molecular weight is 395 g/mol. The maximum atomic E-state index is 12.6. The Hall–Kier alpha value is -1.20. The van der Waals surface area contributed by atoms with Crippen LogP contribution < -0.4 is 0 Å². The standard InChI is InChI=1S/C23H38O5/c1-4-5-10-23(2,27)11-6-7-16-12-19(21(25)13-16)20(15-24)18-14-17(18)8-9-22(26)28-3/h6-7,16-20,24,27H,4-5,8-15H2,1-3H3/b7-6+/t16-,17?,18+,19+,20?,23?/m0/s1. The van der Waals surface area contributed by atoms with E-state index in [0.29, 0.717) is 31.1 Å². The molecule has 2 rings (SSSR count). The minimum absolute atomic E-state index is 0.0150. The molecule has 5 heteroatoms. The summed E-state index contributed by atoms with van der Waals surface area (Å²) in [7, 11) is 1.40. The summed E-state index contributed by atoms with van der Waals surface area (Å²) in [4.78, 5) is 23.9. The first-order valence-corrected chi connectivity index (χ1v) is 10.9. The van der Waals surface area contributed by atoms with Gasteiger partial charge in [-0.15, -0.1) is 0 Å². The van der Waals surface area contributed by atoms with Crippen LogP contribution in [0.2, 0.25) is 0 Å². The van der Waals surface area contributed by atoms with E-state index in [0.717, 1.165) is 38.5 Å². The lowest BCUT2D eigenvalue weighted by Crippen LogP contribution is -2.25. The Kier molecular flexibility index (Phi) is 8.69. The predicted molar refractivity (Wildman–Crippen MR) is 109 cm³/mol. The molecule has 0 aromatic rings. The molecule has 0 bridgehead atoms. The number of allylic oxidation sites excluding steroid dienone is 1. The molecule has 160 valence electrons. The molecule has 0 aliphatic heterocycles. The molecule has 2 fully saturated rings. The van der Waals surface area contributed by atoms with Crippen LogP contribution in [0.15, 0.2) is 12.2 Å². The van der Waals surface area contributed by atoms with E-state index in [2.05, 4.69) is 13.0 Å². The van der Waals surface area contributed by atoms with Gasteiger partial charge in [-0.05, 0) is 62.7 Å². The number of hydrogen-bond donors (Lipinski definition) is 2. The first kappa shape index (κ1) is 23.1. The average Bonchev–Trinajstić information content (AvgIpc) is 3.33. The minimum Gasteiger partial charge on any atom is -0.469 e. The molecule has 2 N–H and O–H groups in total. The van der Waals surface area contributed by atoms with Gasteiger partial charge in [-0.25, -0.2) is 0 Å². The summed E-state index contributed by atoms with van der Waals surface area (Å²) in [6, 6.07) is 0. The number of ketones is 1. The van der Waals surface area contributed by atoms with Gasteiger partial charge in [0.25, 0.3) is 0 Å². The third-order valence-electron chi connectivity index (χ3n) is 6.67. The van der Waals surface area contributed by atoms with Gasteiger partial charge in [-0.1, -0.05) is 31.9 Å². The number of unbranched alkanes of at least 4 members (excludes halogenated alkanes) is 1. The van der Waals surface area contributed by atoms with Crippen LogP contribution in [-0.4, -0.2) is 41.3 Å². The van der Waals surface area contributed by atoms with Crippen molar-refractivity contribution in [1.29, 1.82) is 0 Å². The maximum absolute atomic E-state index is 12.6. The SMILES string of the molecule is CCCCC(C)(O)C/C=C/[C@@H]1CC(=O)[C@@H](C(CO)[C@@H]2CC2CCC(=O)OC)C1. The van der Waals surface area contributed by atoms with Gasteiger partial charge in [0.05, 0.1) is 12.7 Å². The second kappa shape index (κ2) is 10.5. The third-order valence-corrected chi connectivity index (χ3v) is 6.67. The quantitative estimate of drug-likeness (QED) is 0.390. The first-order valence-electron chi connectivity index (χ1n) is 10.9. The van der Waals surface area contributed by atoms with Crippen molar-refractivity contribution in [3.8, 4) is 0 Å². The fraction of sp³-hybridized carbons (Fsp3) is 0.826. The first-order chi connectivity index (χ1) is 13.3. The second-order valence-corrected chi connectivity index (χ2v) is 9.13. The lowest BCUT2D eigenvalue weighted by Gasteiger charge is -2.21. The molecule has 6 atom stereocenters. The summed E-state index contributed by atoms with van der Waals surface area (Å²) in [6.07, 6.45) is 11.1. The zero-order valence-corrected chi connectivity index (χ0v) is 17.7. The normalized spacial score (nSPS) is 30.4. The summed E-state index contributed by atoms with van der Waals surface area (Å²) < 4.78 is 4.70. The van der Waals surface area contributed by atoms with Gasteiger partial charge in [0, 0.05) is 25.4 Å². The largest absolute Gasteiger partial charge is 0.469 e. The second-order valence-electron chi connectivity index (χ2n) is 9.13. The molecule has 5 nitrogen and oxygen atoms in total. The van der Waals surface area contributed by atoms with Crippen molar-refractivity contribution in [2.24, 2.45) is 29.6 Å². The molecule has 0 spiro atoms. The Balaban J connectivity index is 1.82. The van der Waals surface area contributed by atoms with Gasteiger partial charge >= 0.3 is 5.97 Å². The number of rotatable bonds is 12. The van der Waals surface area contributed by atoms with Crippen molar-refractivity contribution in [3.05, 3.63) is 12.2 Å². The Labute approximate surface area is 169 Å². The van der Waals surface area contributed by atoms with Crippen molar-refractivity contribution in [2.75, 3.05) is 13.7 Å². The molecule has 28 heavy (non-hydrogen) atoms. The van der Waals surface area contributed by atoms with E-state index >= 15 is 0 Å². The fourth-order valence-corrected chi connectivity index (χ4v) is 4.78. The lowest BCUT2D eigenvalue weighted by molar-refractivity contribution is -0.140. The van der Waals surface area contributed by atoms with E-state index in [9.17, 15) is 19.8 Å². The summed E-state index contributed by atoms with van der Waals surface area (Å²) >= 11 is 0. The molecular formula is C23H38O5. The number of methoxy groups -OCH3 is 1. The number of carbonyl (C=O) groups excluding carboxylic acids is 2. The van der Waals surface area contributed by atoms with Crippen LogP contribution >= 0.6 is 0 Å². The van der Waals surface area contributed by atoms with Crippen LogP contribution in [0.4, 0.5) is 0 Å². The Morgan fingerprint density at radius 3 is 2.79 bits per heavy atom. The Bertz CT molecular complexity index is 553. The molecule has 2 saturated carbocycles. The molecule has 0 saturated heterocycles. The number of aliphatic hydroxyl groups is 2. The molecular weight excluding hydrogens is 356 g/mol. The molecule has 0 aromatic heterocycles. The summed E-state index contributed by atoms with van der Waals surface area (Å²) in [5, 5.41) is 20.3. The number of Topliss-reactive ketones (excluding diaryl/α,β-unsaturated/α-hetero) is 1. The van der Waals surface area contributed by atoms with Gasteiger partial charge in [0.15, 0.2) is 0 Å². The molecule has 2 aliphatic rings. The van der Waals surface area contributed by atoms with Crippen LogP contribution in [0.1, 0.15) is 71.6 Å². The van der Waals surface area contributed by atoms with Crippen LogP contribution in [0.5, 0.6) is 0 Å². The molecule has 2 aliphatic carbocycles. The molecule has 0 amide bonds. The highest BCUT2D eigenvalue weighted by atomic mass is 16.5. The molecule has 0 aromatic carbocycles. The number of hydrogen-bond acceptors (Lipinski definition) is 5. The van der Waals surface area contributed by atoms with Crippen molar-refractivity contribution < 1.29 is 24.5 Å². The molecule has 0 heterocycles. The highest BCUT2D eigenvalue weighted by molar-refractivity contribution is 5.84. The van der Waals surface area contributed by atoms with Gasteiger partial charge < -0.3 is 14.9 Å². The minimum atomic E-state index is -0.678. The van der Waals surface area contributed by atoms with Crippen LogP contribution in [0.25, 0.3) is 0 Å². The van der Waals surface area contributed by atoms with E-state index in [1.165, 1.54) is 7.11 Å². The van der Waals surface area contributed by atoms with E-state index in [1.54, 1.807) is 0 Å². The molecule has 3 unspecified atom stereocenters. The summed E-state index contributed by atoms with van der Waals surface area (Å²) in [5.74, 6) is 0.983. The smallest absolute Gasteiger partial charge is 0.305 e. The maximum Gasteiger partial charge on any atom is 0.305 e. The van der Waals surface area contributed by atoms with Gasteiger partial charge in [0.2, 0.25) is 0 Å². The highest BCUT2D eigenvalue weighted by Gasteiger charge is 2.48. The third kappa shape index (κ3) is 6.70. The summed E-state index contributed by atoms with van der Waals surface area (Å²) in [6.45, 7) is 4.03. The number of aliphatic hydroxyl groups excluding tert-OH is 1. The number of esters is 1. The van der Waals surface area contributed by atoms with Crippen molar-refractivity contribution in [2.45, 2.75) is 77.2 Å². The fourth-order valence-electron chi connectivity index (χ4n) is 4.78.